The monoisotopic (exact) mass is 418 g/mol. The molecule has 8 nitrogen and oxygen atoms in total. The predicted octanol–water partition coefficient (Wildman–Crippen LogP) is 2.71. The first-order chi connectivity index (χ1) is 12.4. The van der Waals surface area contributed by atoms with Gasteiger partial charge in [-0.25, -0.2) is 0 Å². The maximum absolute atomic E-state index is 12.3. The van der Waals surface area contributed by atoms with Crippen molar-refractivity contribution in [1.82, 2.24) is 9.78 Å². The zero-order chi connectivity index (χ0) is 18.7. The molecule has 9 heteroatoms. The van der Waals surface area contributed by atoms with Crippen LogP contribution in [0.2, 0.25) is 0 Å². The molecule has 0 aliphatic heterocycles. The van der Waals surface area contributed by atoms with Gasteiger partial charge in [-0.15, -0.1) is 0 Å². The molecule has 0 fully saturated rings. The van der Waals surface area contributed by atoms with Gasteiger partial charge < -0.3 is 20.2 Å². The van der Waals surface area contributed by atoms with Crippen LogP contribution in [0.3, 0.4) is 0 Å². The van der Waals surface area contributed by atoms with E-state index in [1.165, 1.54) is 16.9 Å². The number of amides is 2. The molecule has 26 heavy (non-hydrogen) atoms. The number of aryl methyl sites for hydroxylation is 1. The van der Waals surface area contributed by atoms with E-state index in [0.29, 0.717) is 11.5 Å². The summed E-state index contributed by atoms with van der Waals surface area (Å²) in [6, 6.07) is 10.6. The van der Waals surface area contributed by atoms with Crippen LogP contribution in [-0.4, -0.2) is 21.6 Å². The molecule has 2 heterocycles. The van der Waals surface area contributed by atoms with Crippen LogP contribution in [0.1, 0.15) is 26.8 Å². The molecule has 3 N–H and O–H groups in total. The maximum atomic E-state index is 12.3. The Balaban J connectivity index is 1.67. The highest BCUT2D eigenvalue weighted by Gasteiger charge is 2.18. The van der Waals surface area contributed by atoms with E-state index in [1.54, 1.807) is 13.1 Å². The highest BCUT2D eigenvalue weighted by atomic mass is 79.9. The average molecular weight is 419 g/mol. The third-order valence-corrected chi connectivity index (χ3v) is 4.06. The zero-order valence-electron chi connectivity index (χ0n) is 13.7. The van der Waals surface area contributed by atoms with E-state index in [2.05, 4.69) is 26.3 Å². The number of nitrogens with two attached hydrogens (primary N) is 1. The Labute approximate surface area is 157 Å². The van der Waals surface area contributed by atoms with Gasteiger partial charge in [-0.1, -0.05) is 12.1 Å². The molecule has 2 amide bonds. The van der Waals surface area contributed by atoms with Crippen molar-refractivity contribution in [2.75, 3.05) is 5.32 Å². The number of aromatic nitrogens is 2. The average Bonchev–Trinajstić information content (AvgIpc) is 3.21. The molecule has 0 saturated heterocycles. The van der Waals surface area contributed by atoms with Gasteiger partial charge in [-0.2, -0.15) is 5.10 Å². The first kappa shape index (κ1) is 17.7. The largest absolute Gasteiger partial charge is 0.484 e. The summed E-state index contributed by atoms with van der Waals surface area (Å²) >= 11 is 3.39. The molecular weight excluding hydrogens is 404 g/mol. The minimum Gasteiger partial charge on any atom is -0.484 e. The number of para-hydroxylation sites is 1. The summed E-state index contributed by atoms with van der Waals surface area (Å²) in [6.45, 7) is 0.162. The lowest BCUT2D eigenvalue weighted by atomic mass is 10.3. The molecule has 0 aliphatic rings. The van der Waals surface area contributed by atoms with E-state index < -0.39 is 11.8 Å². The molecule has 0 aliphatic carbocycles. The number of ether oxygens (including phenoxy) is 1. The molecule has 3 rings (SSSR count). The van der Waals surface area contributed by atoms with Crippen molar-refractivity contribution in [2.24, 2.45) is 12.8 Å². The number of halogens is 1. The van der Waals surface area contributed by atoms with E-state index in [-0.39, 0.29) is 23.7 Å². The topological polar surface area (TPSA) is 112 Å². The van der Waals surface area contributed by atoms with Gasteiger partial charge in [0.1, 0.15) is 18.1 Å². The van der Waals surface area contributed by atoms with Gasteiger partial charge in [0.05, 0.1) is 10.2 Å². The minimum atomic E-state index is -0.733. The number of anilines is 1. The Morgan fingerprint density at radius 2 is 2.08 bits per heavy atom. The first-order valence-electron chi connectivity index (χ1n) is 7.55. The van der Waals surface area contributed by atoms with Crippen molar-refractivity contribution in [3.63, 3.8) is 0 Å². The first-order valence-corrected chi connectivity index (χ1v) is 8.34. The summed E-state index contributed by atoms with van der Waals surface area (Å²) < 4.78 is 13.3. The molecule has 0 radical (unpaired) electrons. The van der Waals surface area contributed by atoms with E-state index in [1.807, 2.05) is 24.3 Å². The van der Waals surface area contributed by atoms with Crippen LogP contribution < -0.4 is 15.8 Å². The van der Waals surface area contributed by atoms with Gasteiger partial charge in [-0.05, 0) is 40.2 Å². The van der Waals surface area contributed by atoms with E-state index in [9.17, 15) is 9.59 Å². The molecule has 1 aromatic carbocycles. The fraction of sp³-hybridized carbons (Fsp3) is 0.118. The van der Waals surface area contributed by atoms with Crippen molar-refractivity contribution in [3.8, 4) is 5.75 Å². The third kappa shape index (κ3) is 3.94. The molecule has 0 unspecified atom stereocenters. The number of carbonyl (C=O) groups is 2. The Morgan fingerprint density at radius 1 is 1.31 bits per heavy atom. The summed E-state index contributed by atoms with van der Waals surface area (Å²) in [5.74, 6) is -0.0332. The van der Waals surface area contributed by atoms with E-state index >= 15 is 0 Å². The molecular formula is C17H15BrN4O4. The van der Waals surface area contributed by atoms with Crippen molar-refractivity contribution < 1.29 is 18.7 Å². The number of rotatable bonds is 6. The van der Waals surface area contributed by atoms with Crippen molar-refractivity contribution in [2.45, 2.75) is 6.61 Å². The fourth-order valence-electron chi connectivity index (χ4n) is 2.23. The molecule has 0 spiro atoms. The van der Waals surface area contributed by atoms with Crippen LogP contribution in [0.5, 0.6) is 5.75 Å². The van der Waals surface area contributed by atoms with E-state index in [4.69, 9.17) is 14.9 Å². The minimum absolute atomic E-state index is 0.0232. The lowest BCUT2D eigenvalue weighted by Crippen LogP contribution is -2.17. The number of hydrogen-bond donors (Lipinski definition) is 2. The smallest absolute Gasteiger partial charge is 0.291 e. The number of hydrogen-bond acceptors (Lipinski definition) is 5. The van der Waals surface area contributed by atoms with Gasteiger partial charge in [-0.3, -0.25) is 14.3 Å². The highest BCUT2D eigenvalue weighted by molar-refractivity contribution is 9.10. The second-order valence-electron chi connectivity index (χ2n) is 5.37. The van der Waals surface area contributed by atoms with Gasteiger partial charge in [0, 0.05) is 13.2 Å². The van der Waals surface area contributed by atoms with Crippen LogP contribution in [0.15, 0.2) is 51.5 Å². The standard InChI is InChI=1S/C17H15BrN4O4/c1-22-8-12(15(21-22)16(19)23)20-17(24)14-7-6-10(26-14)9-25-13-5-3-2-4-11(13)18/h2-8H,9H2,1H3,(H2,19,23)(H,20,24). The zero-order valence-corrected chi connectivity index (χ0v) is 15.3. The molecule has 0 atom stereocenters. The Kier molecular flexibility index (Phi) is 5.08. The van der Waals surface area contributed by atoms with Crippen molar-refractivity contribution in [1.29, 1.82) is 0 Å². The molecule has 0 bridgehead atoms. The van der Waals surface area contributed by atoms with Gasteiger partial charge >= 0.3 is 0 Å². The van der Waals surface area contributed by atoms with Crippen LogP contribution in [-0.2, 0) is 13.7 Å². The Hall–Kier alpha value is -3.07. The van der Waals surface area contributed by atoms with E-state index in [0.717, 1.165) is 4.47 Å². The molecule has 2 aromatic heterocycles. The van der Waals surface area contributed by atoms with Crippen LogP contribution in [0.4, 0.5) is 5.69 Å². The predicted molar refractivity (Wildman–Crippen MR) is 96.9 cm³/mol. The van der Waals surface area contributed by atoms with Crippen molar-refractivity contribution in [3.05, 3.63) is 64.3 Å². The van der Waals surface area contributed by atoms with Gasteiger partial charge in [0.25, 0.3) is 11.8 Å². The van der Waals surface area contributed by atoms with Crippen LogP contribution >= 0.6 is 15.9 Å². The number of benzene rings is 1. The summed E-state index contributed by atoms with van der Waals surface area (Å²) in [5, 5.41) is 6.47. The van der Waals surface area contributed by atoms with Crippen LogP contribution in [0.25, 0.3) is 0 Å². The van der Waals surface area contributed by atoms with Crippen LogP contribution in [0, 0.1) is 0 Å². The van der Waals surface area contributed by atoms with Crippen molar-refractivity contribution >= 4 is 33.4 Å². The van der Waals surface area contributed by atoms with Gasteiger partial charge in [0.2, 0.25) is 0 Å². The highest BCUT2D eigenvalue weighted by Crippen LogP contribution is 2.25. The summed E-state index contributed by atoms with van der Waals surface area (Å²) in [7, 11) is 1.62. The van der Waals surface area contributed by atoms with Gasteiger partial charge in [0.15, 0.2) is 11.5 Å². The number of carbonyl (C=O) groups excluding carboxylic acids is 2. The molecule has 134 valence electrons. The summed E-state index contributed by atoms with van der Waals surface area (Å²) in [4.78, 5) is 23.7. The normalized spacial score (nSPS) is 10.5. The number of furan rings is 1. The lowest BCUT2D eigenvalue weighted by molar-refractivity contribution is 0.0992. The second kappa shape index (κ2) is 7.44. The molecule has 0 saturated carbocycles. The third-order valence-electron chi connectivity index (χ3n) is 3.40. The fourth-order valence-corrected chi connectivity index (χ4v) is 2.63. The quantitative estimate of drug-likeness (QED) is 0.638. The second-order valence-corrected chi connectivity index (χ2v) is 6.22. The SMILES string of the molecule is Cn1cc(NC(=O)c2ccc(COc3ccccc3Br)o2)c(C(N)=O)n1. The number of nitrogens with zero attached hydrogens (tertiary/aromatic N) is 2. The summed E-state index contributed by atoms with van der Waals surface area (Å²) in [5.41, 5.74) is 5.44. The number of nitrogens with one attached hydrogen (secondary N) is 1. The summed E-state index contributed by atoms with van der Waals surface area (Å²) in [6.07, 6.45) is 1.48. The lowest BCUT2D eigenvalue weighted by Gasteiger charge is -2.06. The molecule has 3 aromatic rings. The Morgan fingerprint density at radius 3 is 2.81 bits per heavy atom. The Bertz CT molecular complexity index is 963. The maximum Gasteiger partial charge on any atom is 0.291 e. The number of primary amides is 1.